The van der Waals surface area contributed by atoms with Crippen LogP contribution < -0.4 is 10.6 Å². The number of rotatable bonds is 5. The van der Waals surface area contributed by atoms with Gasteiger partial charge in [-0.05, 0) is 42.3 Å². The quantitative estimate of drug-likeness (QED) is 0.642. The predicted octanol–water partition coefficient (Wildman–Crippen LogP) is 4.94. The molecule has 7 heteroatoms. The van der Waals surface area contributed by atoms with Gasteiger partial charge >= 0.3 is 0 Å². The van der Waals surface area contributed by atoms with Crippen LogP contribution in [0.2, 0.25) is 10.0 Å². The summed E-state index contributed by atoms with van der Waals surface area (Å²) >= 11 is 11.7. The molecule has 0 heterocycles. The molecule has 0 saturated heterocycles. The highest BCUT2D eigenvalue weighted by Gasteiger charge is 2.11. The number of anilines is 2. The number of carbonyl (C=O) groups excluding carboxylic acids is 2. The molecular formula is C18H18Cl2N2O3. The Morgan fingerprint density at radius 1 is 1.00 bits per heavy atom. The zero-order chi connectivity index (χ0) is 18.6. The standard InChI is InChI=1S/C18H18Cl2N2O3/c1-10(2)7-16(23)21-12-5-3-11(4-6-12)18(25)22-13-8-14(19)17(24)15(20)9-13/h3-6,8-10,24H,7H2,1-2H3,(H,21,23)(H,22,25). The Hall–Kier alpha value is -2.24. The third kappa shape index (κ3) is 5.37. The van der Waals surface area contributed by atoms with E-state index in [1.54, 1.807) is 24.3 Å². The van der Waals surface area contributed by atoms with Crippen LogP contribution in [0.3, 0.4) is 0 Å². The van der Waals surface area contributed by atoms with Gasteiger partial charge < -0.3 is 15.7 Å². The van der Waals surface area contributed by atoms with Gasteiger partial charge in [-0.1, -0.05) is 37.0 Å². The Kier molecular flexibility index (Phi) is 6.28. The topological polar surface area (TPSA) is 78.4 Å². The SMILES string of the molecule is CC(C)CC(=O)Nc1ccc(C(=O)Nc2cc(Cl)c(O)c(Cl)c2)cc1. The van der Waals surface area contributed by atoms with Crippen molar-refractivity contribution in [3.63, 3.8) is 0 Å². The van der Waals surface area contributed by atoms with Crippen molar-refractivity contribution in [3.05, 3.63) is 52.0 Å². The Balaban J connectivity index is 2.04. The lowest BCUT2D eigenvalue weighted by Crippen LogP contribution is -2.14. The fraction of sp³-hybridized carbons (Fsp3) is 0.222. The molecule has 3 N–H and O–H groups in total. The molecule has 0 fully saturated rings. The number of phenolic OH excluding ortho intramolecular Hbond substituents is 1. The third-order valence-electron chi connectivity index (χ3n) is 3.30. The van der Waals surface area contributed by atoms with Crippen LogP contribution in [-0.2, 0) is 4.79 Å². The maximum absolute atomic E-state index is 12.3. The van der Waals surface area contributed by atoms with Gasteiger partial charge in [-0.2, -0.15) is 0 Å². The van der Waals surface area contributed by atoms with Gasteiger partial charge in [0.25, 0.3) is 5.91 Å². The molecule has 0 radical (unpaired) electrons. The Morgan fingerprint density at radius 3 is 2.08 bits per heavy atom. The molecule has 5 nitrogen and oxygen atoms in total. The summed E-state index contributed by atoms with van der Waals surface area (Å²) in [5, 5.41) is 15.0. The minimum atomic E-state index is -0.363. The number of carbonyl (C=O) groups is 2. The lowest BCUT2D eigenvalue weighted by molar-refractivity contribution is -0.116. The Bertz CT molecular complexity index is 766. The van der Waals surface area contributed by atoms with Crippen molar-refractivity contribution in [2.45, 2.75) is 20.3 Å². The van der Waals surface area contributed by atoms with E-state index in [0.29, 0.717) is 23.4 Å². The largest absolute Gasteiger partial charge is 0.505 e. The van der Waals surface area contributed by atoms with Crippen molar-refractivity contribution in [1.29, 1.82) is 0 Å². The van der Waals surface area contributed by atoms with E-state index in [-0.39, 0.29) is 33.5 Å². The van der Waals surface area contributed by atoms with Crippen LogP contribution in [0.1, 0.15) is 30.6 Å². The molecule has 0 saturated carbocycles. The highest BCUT2D eigenvalue weighted by Crippen LogP contribution is 2.34. The summed E-state index contributed by atoms with van der Waals surface area (Å²) in [5.41, 5.74) is 1.40. The van der Waals surface area contributed by atoms with Crippen LogP contribution in [0.15, 0.2) is 36.4 Å². The summed E-state index contributed by atoms with van der Waals surface area (Å²) in [6, 6.07) is 9.32. The molecule has 2 rings (SSSR count). The number of hydrogen-bond donors (Lipinski definition) is 3. The number of aromatic hydroxyl groups is 1. The van der Waals surface area contributed by atoms with Gasteiger partial charge in [0.15, 0.2) is 5.75 Å². The number of halogens is 2. The first kappa shape index (κ1) is 19.1. The summed E-state index contributed by atoms with van der Waals surface area (Å²) in [6.45, 7) is 3.93. The maximum atomic E-state index is 12.3. The van der Waals surface area contributed by atoms with Crippen molar-refractivity contribution >= 4 is 46.4 Å². The first-order valence-electron chi connectivity index (χ1n) is 7.65. The van der Waals surface area contributed by atoms with E-state index in [4.69, 9.17) is 23.2 Å². The molecule has 0 aliphatic carbocycles. The molecule has 25 heavy (non-hydrogen) atoms. The summed E-state index contributed by atoms with van der Waals surface area (Å²) in [7, 11) is 0. The summed E-state index contributed by atoms with van der Waals surface area (Å²) in [6.07, 6.45) is 0.435. The summed E-state index contributed by atoms with van der Waals surface area (Å²) in [4.78, 5) is 24.0. The van der Waals surface area contributed by atoms with E-state index in [1.807, 2.05) is 13.8 Å². The number of hydrogen-bond acceptors (Lipinski definition) is 3. The molecular weight excluding hydrogens is 363 g/mol. The molecule has 132 valence electrons. The molecule has 0 atom stereocenters. The zero-order valence-corrected chi connectivity index (χ0v) is 15.3. The van der Waals surface area contributed by atoms with Gasteiger partial charge in [-0.25, -0.2) is 0 Å². The third-order valence-corrected chi connectivity index (χ3v) is 3.88. The van der Waals surface area contributed by atoms with Gasteiger partial charge in [0.05, 0.1) is 10.0 Å². The minimum absolute atomic E-state index is 0.0472. The van der Waals surface area contributed by atoms with E-state index >= 15 is 0 Å². The summed E-state index contributed by atoms with van der Waals surface area (Å²) in [5.74, 6) is -0.393. The van der Waals surface area contributed by atoms with Crippen LogP contribution in [0.4, 0.5) is 11.4 Å². The Morgan fingerprint density at radius 2 is 1.56 bits per heavy atom. The maximum Gasteiger partial charge on any atom is 0.255 e. The van der Waals surface area contributed by atoms with E-state index in [9.17, 15) is 14.7 Å². The fourth-order valence-electron chi connectivity index (χ4n) is 2.13. The molecule has 0 bridgehead atoms. The molecule has 0 aromatic heterocycles. The molecule has 2 amide bonds. The van der Waals surface area contributed by atoms with Crippen LogP contribution in [-0.4, -0.2) is 16.9 Å². The molecule has 0 spiro atoms. The second kappa shape index (κ2) is 8.23. The van der Waals surface area contributed by atoms with E-state index in [1.165, 1.54) is 12.1 Å². The minimum Gasteiger partial charge on any atom is -0.505 e. The van der Waals surface area contributed by atoms with Gasteiger partial charge in [0.2, 0.25) is 5.91 Å². The predicted molar refractivity (Wildman–Crippen MR) is 101 cm³/mol. The van der Waals surface area contributed by atoms with Gasteiger partial charge in [0.1, 0.15) is 0 Å². The molecule has 0 aliphatic heterocycles. The van der Waals surface area contributed by atoms with Crippen molar-refractivity contribution in [1.82, 2.24) is 0 Å². The molecule has 2 aromatic rings. The van der Waals surface area contributed by atoms with Crippen molar-refractivity contribution in [2.24, 2.45) is 5.92 Å². The van der Waals surface area contributed by atoms with E-state index in [2.05, 4.69) is 10.6 Å². The zero-order valence-electron chi connectivity index (χ0n) is 13.8. The van der Waals surface area contributed by atoms with Crippen LogP contribution in [0, 0.1) is 5.92 Å². The lowest BCUT2D eigenvalue weighted by Gasteiger charge is -2.09. The first-order chi connectivity index (χ1) is 11.8. The first-order valence-corrected chi connectivity index (χ1v) is 8.41. The molecule has 2 aromatic carbocycles. The normalized spacial score (nSPS) is 10.6. The lowest BCUT2D eigenvalue weighted by atomic mass is 10.1. The number of benzene rings is 2. The smallest absolute Gasteiger partial charge is 0.255 e. The highest BCUT2D eigenvalue weighted by atomic mass is 35.5. The van der Waals surface area contributed by atoms with Gasteiger partial charge in [-0.15, -0.1) is 0 Å². The Labute approximate surface area is 156 Å². The van der Waals surface area contributed by atoms with Crippen molar-refractivity contribution in [3.8, 4) is 5.75 Å². The summed E-state index contributed by atoms with van der Waals surface area (Å²) < 4.78 is 0. The van der Waals surface area contributed by atoms with Crippen molar-refractivity contribution < 1.29 is 14.7 Å². The van der Waals surface area contributed by atoms with Gasteiger partial charge in [-0.3, -0.25) is 9.59 Å². The number of nitrogens with one attached hydrogen (secondary N) is 2. The van der Waals surface area contributed by atoms with E-state index < -0.39 is 0 Å². The molecule has 0 unspecified atom stereocenters. The van der Waals surface area contributed by atoms with Crippen LogP contribution >= 0.6 is 23.2 Å². The second-order valence-corrected chi connectivity index (χ2v) is 6.78. The fourth-order valence-corrected chi connectivity index (χ4v) is 2.62. The number of phenols is 1. The average molecular weight is 381 g/mol. The molecule has 0 aliphatic rings. The monoisotopic (exact) mass is 380 g/mol. The second-order valence-electron chi connectivity index (χ2n) is 5.97. The van der Waals surface area contributed by atoms with Crippen molar-refractivity contribution in [2.75, 3.05) is 10.6 Å². The van der Waals surface area contributed by atoms with Crippen LogP contribution in [0.5, 0.6) is 5.75 Å². The van der Waals surface area contributed by atoms with Crippen LogP contribution in [0.25, 0.3) is 0 Å². The van der Waals surface area contributed by atoms with Gasteiger partial charge in [0, 0.05) is 23.4 Å². The highest BCUT2D eigenvalue weighted by molar-refractivity contribution is 6.37. The number of amides is 2. The van der Waals surface area contributed by atoms with E-state index in [0.717, 1.165) is 0 Å². The average Bonchev–Trinajstić information content (AvgIpc) is 2.52.